The molecule has 0 saturated heterocycles. The molecule has 0 radical (unpaired) electrons. The van der Waals surface area contributed by atoms with Crippen molar-refractivity contribution in [2.75, 3.05) is 6.61 Å². The summed E-state index contributed by atoms with van der Waals surface area (Å²) < 4.78 is 12.2. The van der Waals surface area contributed by atoms with Gasteiger partial charge in [0.1, 0.15) is 12.4 Å². The number of aromatic nitrogens is 2. The molecule has 0 aliphatic carbocycles. The number of hydrogen-bond donors (Lipinski definition) is 0. The van der Waals surface area contributed by atoms with E-state index in [1.807, 2.05) is 18.4 Å². The van der Waals surface area contributed by atoms with Crippen LogP contribution in [0.15, 0.2) is 42.7 Å². The maximum atomic E-state index is 11.9. The van der Waals surface area contributed by atoms with Gasteiger partial charge in [-0.05, 0) is 30.7 Å². The molecule has 0 aliphatic heterocycles. The first-order valence-corrected chi connectivity index (χ1v) is 9.79. The van der Waals surface area contributed by atoms with Crippen LogP contribution in [0, 0.1) is 15.5 Å². The topological polar surface area (TPSA) is 96.5 Å². The summed E-state index contributed by atoms with van der Waals surface area (Å²) in [6.07, 6.45) is 1.55. The molecular weight excluding hydrogens is 433 g/mol. The first-order chi connectivity index (χ1) is 14.1. The lowest BCUT2D eigenvalue weighted by atomic mass is 9.90. The number of carbonyl (C=O) groups excluding carboxylic acids is 1. The van der Waals surface area contributed by atoms with Crippen molar-refractivity contribution in [2.45, 2.75) is 26.8 Å². The third kappa shape index (κ3) is 5.40. The number of halogens is 2. The number of hydrogen-bond acceptors (Lipinski definition) is 6. The van der Waals surface area contributed by atoms with E-state index in [-0.39, 0.29) is 23.5 Å². The Kier molecular flexibility index (Phi) is 6.48. The largest absolute Gasteiger partial charge is 0.513 e. The smallest absolute Gasteiger partial charge is 0.433 e. The van der Waals surface area contributed by atoms with Gasteiger partial charge in [0.05, 0.1) is 32.3 Å². The number of nitro benzene ring substituents is 1. The summed E-state index contributed by atoms with van der Waals surface area (Å²) in [5.41, 5.74) is 1.21. The van der Waals surface area contributed by atoms with Crippen LogP contribution >= 0.6 is 23.2 Å². The predicted octanol–water partition coefficient (Wildman–Crippen LogP) is 5.88. The van der Waals surface area contributed by atoms with Gasteiger partial charge in [0, 0.05) is 24.1 Å². The van der Waals surface area contributed by atoms with Gasteiger partial charge in [0.2, 0.25) is 0 Å². The Morgan fingerprint density at radius 2 is 1.87 bits per heavy atom. The zero-order chi connectivity index (χ0) is 21.9. The lowest BCUT2D eigenvalue weighted by molar-refractivity contribution is -0.384. The fourth-order valence-electron chi connectivity index (χ4n) is 2.74. The maximum Gasteiger partial charge on any atom is 0.513 e. The van der Waals surface area contributed by atoms with Crippen LogP contribution in [0.4, 0.5) is 10.5 Å². The third-order valence-electron chi connectivity index (χ3n) is 4.52. The Balaban J connectivity index is 1.53. The van der Waals surface area contributed by atoms with E-state index < -0.39 is 11.1 Å². The van der Waals surface area contributed by atoms with E-state index >= 15 is 0 Å². The van der Waals surface area contributed by atoms with Gasteiger partial charge in [-0.2, -0.15) is 0 Å². The molecular formula is C20H19Cl2N3O5. The quantitative estimate of drug-likeness (QED) is 0.192. The lowest BCUT2D eigenvalue weighted by Crippen LogP contribution is -2.25. The van der Waals surface area contributed by atoms with Crippen LogP contribution in [0.3, 0.4) is 0 Å². The number of nitro groups is 1. The normalized spacial score (nSPS) is 11.5. The van der Waals surface area contributed by atoms with E-state index in [1.54, 1.807) is 18.5 Å². The molecule has 10 heteroatoms. The Labute approximate surface area is 182 Å². The number of aryl methyl sites for hydroxylation is 1. The first-order valence-electron chi connectivity index (χ1n) is 9.03. The van der Waals surface area contributed by atoms with Crippen LogP contribution < -0.4 is 4.74 Å². The molecule has 0 N–H and O–H groups in total. The molecule has 2 aromatic carbocycles. The summed E-state index contributed by atoms with van der Waals surface area (Å²) in [5.74, 6) is 0.170. The van der Waals surface area contributed by atoms with Gasteiger partial charge in [-0.1, -0.05) is 37.0 Å². The molecule has 0 atom stereocenters. The summed E-state index contributed by atoms with van der Waals surface area (Å²) in [5, 5.41) is 11.6. The van der Waals surface area contributed by atoms with Gasteiger partial charge >= 0.3 is 6.16 Å². The molecule has 0 spiro atoms. The predicted molar refractivity (Wildman–Crippen MR) is 113 cm³/mol. The van der Waals surface area contributed by atoms with E-state index in [2.05, 4.69) is 4.98 Å². The highest BCUT2D eigenvalue weighted by molar-refractivity contribution is 6.42. The number of non-ortho nitro benzene ring substituents is 1. The highest BCUT2D eigenvalue weighted by Gasteiger charge is 2.22. The first kappa shape index (κ1) is 21.9. The van der Waals surface area contributed by atoms with Crippen molar-refractivity contribution in [3.63, 3.8) is 0 Å². The molecule has 0 fully saturated rings. The third-order valence-corrected chi connectivity index (χ3v) is 5.24. The van der Waals surface area contributed by atoms with Crippen molar-refractivity contribution >= 4 is 46.1 Å². The highest BCUT2D eigenvalue weighted by atomic mass is 35.5. The number of fused-ring (bicyclic) bond motifs is 1. The lowest BCUT2D eigenvalue weighted by Gasteiger charge is -2.24. The van der Waals surface area contributed by atoms with E-state index in [0.717, 1.165) is 11.0 Å². The summed E-state index contributed by atoms with van der Waals surface area (Å²) in [4.78, 5) is 26.4. The maximum absolute atomic E-state index is 11.9. The summed E-state index contributed by atoms with van der Waals surface area (Å²) in [6.45, 7) is 4.71. The Morgan fingerprint density at radius 1 is 1.20 bits per heavy atom. The van der Waals surface area contributed by atoms with Crippen molar-refractivity contribution in [2.24, 2.45) is 5.41 Å². The van der Waals surface area contributed by atoms with E-state index in [4.69, 9.17) is 32.7 Å². The number of nitrogens with zero attached hydrogens (tertiary/aromatic N) is 3. The molecule has 1 aromatic heterocycles. The van der Waals surface area contributed by atoms with Crippen molar-refractivity contribution in [1.29, 1.82) is 0 Å². The molecule has 3 aromatic rings. The van der Waals surface area contributed by atoms with Crippen LogP contribution in [0.5, 0.6) is 5.75 Å². The molecule has 3 rings (SSSR count). The second-order valence-corrected chi connectivity index (χ2v) is 8.31. The SMILES string of the molecule is CC(C)(CCn1cnc2cc(Cl)c(Cl)cc21)COC(=O)Oc1ccc([N+](=O)[O-])cc1. The average molecular weight is 452 g/mol. The molecule has 0 bridgehead atoms. The van der Waals surface area contributed by atoms with Gasteiger partial charge in [0.15, 0.2) is 0 Å². The molecule has 8 nitrogen and oxygen atoms in total. The Hall–Kier alpha value is -2.84. The van der Waals surface area contributed by atoms with E-state index in [0.29, 0.717) is 23.0 Å². The van der Waals surface area contributed by atoms with Gasteiger partial charge < -0.3 is 14.0 Å². The standard InChI is InChI=1S/C20H19Cl2N3O5/c1-20(2,7-8-24-12-23-17-9-15(21)16(22)10-18(17)24)11-29-19(26)30-14-5-3-13(4-6-14)25(27)28/h3-6,9-10,12H,7-8,11H2,1-2H3. The van der Waals surface area contributed by atoms with E-state index in [9.17, 15) is 14.9 Å². The second kappa shape index (κ2) is 8.89. The molecule has 0 unspecified atom stereocenters. The number of rotatable bonds is 7. The number of imidazole rings is 1. The summed E-state index contributed by atoms with van der Waals surface area (Å²) >= 11 is 12.1. The molecule has 0 saturated carbocycles. The number of benzene rings is 2. The Bertz CT molecular complexity index is 1080. The van der Waals surface area contributed by atoms with Crippen LogP contribution in [-0.4, -0.2) is 27.2 Å². The second-order valence-electron chi connectivity index (χ2n) is 7.50. The number of ether oxygens (including phenoxy) is 2. The molecule has 30 heavy (non-hydrogen) atoms. The van der Waals surface area contributed by atoms with Crippen LogP contribution in [0.2, 0.25) is 10.0 Å². The minimum absolute atomic E-state index is 0.0903. The van der Waals surface area contributed by atoms with E-state index in [1.165, 1.54) is 24.3 Å². The fourth-order valence-corrected chi connectivity index (χ4v) is 3.06. The van der Waals surface area contributed by atoms with Crippen LogP contribution in [0.1, 0.15) is 20.3 Å². The molecule has 0 aliphatic rings. The molecule has 1 heterocycles. The number of carbonyl (C=O) groups is 1. The minimum atomic E-state index is -0.869. The average Bonchev–Trinajstić information content (AvgIpc) is 3.07. The Morgan fingerprint density at radius 3 is 2.53 bits per heavy atom. The van der Waals surface area contributed by atoms with Crippen molar-refractivity contribution < 1.29 is 19.2 Å². The molecule has 0 amide bonds. The van der Waals surface area contributed by atoms with Crippen LogP contribution in [-0.2, 0) is 11.3 Å². The summed E-state index contributed by atoms with van der Waals surface area (Å²) in [7, 11) is 0. The van der Waals surface area contributed by atoms with Gasteiger partial charge in [-0.3, -0.25) is 10.1 Å². The zero-order valence-electron chi connectivity index (χ0n) is 16.3. The highest BCUT2D eigenvalue weighted by Crippen LogP contribution is 2.29. The van der Waals surface area contributed by atoms with Gasteiger partial charge in [-0.25, -0.2) is 9.78 Å². The minimum Gasteiger partial charge on any atom is -0.433 e. The zero-order valence-corrected chi connectivity index (χ0v) is 17.8. The monoisotopic (exact) mass is 451 g/mol. The summed E-state index contributed by atoms with van der Waals surface area (Å²) in [6, 6.07) is 8.68. The fraction of sp³-hybridized carbons (Fsp3) is 0.300. The van der Waals surface area contributed by atoms with Crippen molar-refractivity contribution in [3.8, 4) is 5.75 Å². The van der Waals surface area contributed by atoms with Crippen LogP contribution in [0.25, 0.3) is 11.0 Å². The van der Waals surface area contributed by atoms with Gasteiger partial charge in [0.25, 0.3) is 5.69 Å². The van der Waals surface area contributed by atoms with Crippen molar-refractivity contribution in [1.82, 2.24) is 9.55 Å². The molecule has 158 valence electrons. The van der Waals surface area contributed by atoms with Crippen molar-refractivity contribution in [3.05, 3.63) is 62.9 Å². The van der Waals surface area contributed by atoms with Gasteiger partial charge in [-0.15, -0.1) is 0 Å².